The van der Waals surface area contributed by atoms with Crippen LogP contribution >= 0.6 is 11.3 Å². The lowest BCUT2D eigenvalue weighted by molar-refractivity contribution is -0.151. The van der Waals surface area contributed by atoms with Crippen LogP contribution in [0, 0.1) is 12.8 Å². The van der Waals surface area contributed by atoms with Crippen molar-refractivity contribution < 1.29 is 23.8 Å². The zero-order valence-electron chi connectivity index (χ0n) is 19.3. The van der Waals surface area contributed by atoms with Crippen LogP contribution in [0.25, 0.3) is 10.2 Å². The van der Waals surface area contributed by atoms with Crippen molar-refractivity contribution in [2.24, 2.45) is 5.92 Å². The fraction of sp³-hybridized carbons (Fsp3) is 0.440. The number of fused-ring (bicyclic) bond motifs is 1. The van der Waals surface area contributed by atoms with Crippen molar-refractivity contribution in [2.45, 2.75) is 52.2 Å². The van der Waals surface area contributed by atoms with E-state index in [1.165, 1.54) is 10.9 Å². The van der Waals surface area contributed by atoms with E-state index in [-0.39, 0.29) is 31.4 Å². The van der Waals surface area contributed by atoms with E-state index >= 15 is 0 Å². The number of benzene rings is 1. The zero-order chi connectivity index (χ0) is 24.1. The van der Waals surface area contributed by atoms with Crippen molar-refractivity contribution in [1.29, 1.82) is 0 Å². The summed E-state index contributed by atoms with van der Waals surface area (Å²) in [6.45, 7) is 3.96. The number of carbonyl (C=O) groups is 2. The van der Waals surface area contributed by atoms with E-state index in [0.717, 1.165) is 37.0 Å². The van der Waals surface area contributed by atoms with Gasteiger partial charge in [0, 0.05) is 0 Å². The molecule has 2 heterocycles. The van der Waals surface area contributed by atoms with Crippen molar-refractivity contribution in [3.05, 3.63) is 57.5 Å². The van der Waals surface area contributed by atoms with Gasteiger partial charge in [0.05, 0.1) is 11.7 Å². The monoisotopic (exact) mass is 484 g/mol. The van der Waals surface area contributed by atoms with Gasteiger partial charge in [-0.05, 0) is 56.2 Å². The van der Waals surface area contributed by atoms with Crippen molar-refractivity contribution in [3.8, 4) is 5.75 Å². The first-order chi connectivity index (χ1) is 16.4. The van der Waals surface area contributed by atoms with Crippen LogP contribution in [0.3, 0.4) is 0 Å². The molecule has 1 aromatic carbocycles. The number of carbonyl (C=O) groups excluding carboxylic acids is 2. The molecule has 1 aliphatic rings. The maximum absolute atomic E-state index is 13.0. The number of rotatable bonds is 8. The van der Waals surface area contributed by atoms with Crippen LogP contribution in [-0.4, -0.2) is 40.8 Å². The van der Waals surface area contributed by atoms with Gasteiger partial charge in [0.25, 0.3) is 5.56 Å². The van der Waals surface area contributed by atoms with Gasteiger partial charge in [-0.15, -0.1) is 11.3 Å². The molecule has 0 radical (unpaired) electrons. The minimum atomic E-state index is -0.533. The molecular formula is C25H28N2O6S. The molecule has 1 aliphatic carbocycles. The Bertz CT molecular complexity index is 1210. The van der Waals surface area contributed by atoms with E-state index in [0.29, 0.717) is 32.3 Å². The lowest BCUT2D eigenvalue weighted by atomic mass is 9.89. The standard InChI is InChI=1S/C25H28N2O6S/c1-16-8-10-19(11-9-16)33-20(28)14-27-15-26-23-21(24(27)29)17(2)22(34-23)25(30)32-13-12-31-18-6-4-3-5-7-18/h3-7,15-16,19H,8-14H2,1-2H3. The molecule has 180 valence electrons. The number of hydrogen-bond donors (Lipinski definition) is 0. The maximum Gasteiger partial charge on any atom is 0.348 e. The first kappa shape index (κ1) is 23.9. The Morgan fingerprint density at radius 2 is 1.85 bits per heavy atom. The molecule has 0 amide bonds. The van der Waals surface area contributed by atoms with E-state index in [1.807, 2.05) is 30.3 Å². The van der Waals surface area contributed by atoms with Gasteiger partial charge in [-0.25, -0.2) is 9.78 Å². The summed E-state index contributed by atoms with van der Waals surface area (Å²) in [5.74, 6) is 0.365. The Morgan fingerprint density at radius 1 is 1.12 bits per heavy atom. The van der Waals surface area contributed by atoms with E-state index in [1.54, 1.807) is 6.92 Å². The fourth-order valence-electron chi connectivity index (χ4n) is 4.05. The van der Waals surface area contributed by atoms with Crippen molar-refractivity contribution >= 4 is 33.5 Å². The molecule has 0 unspecified atom stereocenters. The zero-order valence-corrected chi connectivity index (χ0v) is 20.1. The Kier molecular flexibility index (Phi) is 7.62. The molecule has 0 aliphatic heterocycles. The summed E-state index contributed by atoms with van der Waals surface area (Å²) in [4.78, 5) is 43.1. The summed E-state index contributed by atoms with van der Waals surface area (Å²) in [6, 6.07) is 9.24. The summed E-state index contributed by atoms with van der Waals surface area (Å²) in [5, 5.41) is 0.319. The van der Waals surface area contributed by atoms with Crippen LogP contribution in [-0.2, 0) is 20.8 Å². The number of aromatic nitrogens is 2. The van der Waals surface area contributed by atoms with E-state index in [9.17, 15) is 14.4 Å². The molecule has 0 atom stereocenters. The number of thiophene rings is 1. The second kappa shape index (κ2) is 10.8. The van der Waals surface area contributed by atoms with Gasteiger partial charge in [0.2, 0.25) is 0 Å². The van der Waals surface area contributed by atoms with E-state index in [4.69, 9.17) is 14.2 Å². The molecule has 4 rings (SSSR count). The number of hydrogen-bond acceptors (Lipinski definition) is 8. The minimum Gasteiger partial charge on any atom is -0.490 e. The smallest absolute Gasteiger partial charge is 0.348 e. The third-order valence-corrected chi connectivity index (χ3v) is 7.17. The molecule has 2 aromatic heterocycles. The van der Waals surface area contributed by atoms with Gasteiger partial charge in [-0.3, -0.25) is 14.2 Å². The molecular weight excluding hydrogens is 456 g/mol. The highest BCUT2D eigenvalue weighted by atomic mass is 32.1. The van der Waals surface area contributed by atoms with Crippen LogP contribution in [0.2, 0.25) is 0 Å². The normalized spacial score (nSPS) is 17.9. The van der Waals surface area contributed by atoms with Gasteiger partial charge in [-0.1, -0.05) is 25.1 Å². The predicted molar refractivity (Wildman–Crippen MR) is 128 cm³/mol. The Morgan fingerprint density at radius 3 is 2.59 bits per heavy atom. The summed E-state index contributed by atoms with van der Waals surface area (Å²) in [5.41, 5.74) is 0.120. The SMILES string of the molecule is Cc1c(C(=O)OCCOc2ccccc2)sc2ncn(CC(=O)OC3CCC(C)CC3)c(=O)c12. The summed E-state index contributed by atoms with van der Waals surface area (Å²) in [7, 11) is 0. The van der Waals surface area contributed by atoms with Gasteiger partial charge in [0.1, 0.15) is 41.3 Å². The average Bonchev–Trinajstić information content (AvgIpc) is 3.18. The Labute approximate surface area is 201 Å². The fourth-order valence-corrected chi connectivity index (χ4v) is 5.09. The highest BCUT2D eigenvalue weighted by Gasteiger charge is 2.24. The lowest BCUT2D eigenvalue weighted by Gasteiger charge is -2.26. The maximum atomic E-state index is 13.0. The highest BCUT2D eigenvalue weighted by molar-refractivity contribution is 7.20. The van der Waals surface area contributed by atoms with Crippen molar-refractivity contribution in [3.63, 3.8) is 0 Å². The summed E-state index contributed by atoms with van der Waals surface area (Å²) < 4.78 is 17.6. The van der Waals surface area contributed by atoms with Crippen LogP contribution in [0.1, 0.15) is 47.8 Å². The second-order valence-electron chi connectivity index (χ2n) is 8.58. The molecule has 1 fully saturated rings. The van der Waals surface area contributed by atoms with Crippen LogP contribution in [0.5, 0.6) is 5.75 Å². The van der Waals surface area contributed by atoms with Gasteiger partial charge in [-0.2, -0.15) is 0 Å². The minimum absolute atomic E-state index is 0.0743. The molecule has 0 N–H and O–H groups in total. The molecule has 9 heteroatoms. The molecule has 0 saturated heterocycles. The number of ether oxygens (including phenoxy) is 3. The molecule has 3 aromatic rings. The molecule has 34 heavy (non-hydrogen) atoms. The number of para-hydroxylation sites is 1. The number of aryl methyl sites for hydroxylation is 1. The summed E-state index contributed by atoms with van der Waals surface area (Å²) in [6.07, 6.45) is 5.02. The molecule has 8 nitrogen and oxygen atoms in total. The Hall–Kier alpha value is -3.20. The van der Waals surface area contributed by atoms with Crippen molar-refractivity contribution in [1.82, 2.24) is 9.55 Å². The predicted octanol–water partition coefficient (Wildman–Crippen LogP) is 4.12. The van der Waals surface area contributed by atoms with Gasteiger partial charge >= 0.3 is 11.9 Å². The van der Waals surface area contributed by atoms with Gasteiger partial charge in [0.15, 0.2) is 0 Å². The third-order valence-electron chi connectivity index (χ3n) is 5.99. The first-order valence-corrected chi connectivity index (χ1v) is 12.3. The summed E-state index contributed by atoms with van der Waals surface area (Å²) >= 11 is 1.10. The molecule has 0 bridgehead atoms. The van der Waals surface area contributed by atoms with Crippen molar-refractivity contribution in [2.75, 3.05) is 13.2 Å². The molecule has 1 saturated carbocycles. The average molecular weight is 485 g/mol. The topological polar surface area (TPSA) is 96.7 Å². The second-order valence-corrected chi connectivity index (χ2v) is 9.58. The van der Waals surface area contributed by atoms with Gasteiger partial charge < -0.3 is 14.2 Å². The van der Waals surface area contributed by atoms with E-state index in [2.05, 4.69) is 11.9 Å². The van der Waals surface area contributed by atoms with Crippen LogP contribution in [0.15, 0.2) is 41.5 Å². The quantitative estimate of drug-likeness (QED) is 0.350. The highest BCUT2D eigenvalue weighted by Crippen LogP contribution is 2.28. The Balaban J connectivity index is 1.38. The molecule has 0 spiro atoms. The lowest BCUT2D eigenvalue weighted by Crippen LogP contribution is -2.29. The van der Waals surface area contributed by atoms with Crippen LogP contribution in [0.4, 0.5) is 0 Å². The van der Waals surface area contributed by atoms with Crippen LogP contribution < -0.4 is 10.3 Å². The number of esters is 2. The first-order valence-electron chi connectivity index (χ1n) is 11.5. The largest absolute Gasteiger partial charge is 0.490 e. The number of nitrogens with zero attached hydrogens (tertiary/aromatic N) is 2. The third kappa shape index (κ3) is 5.64. The van der Waals surface area contributed by atoms with E-state index < -0.39 is 11.9 Å².